The Labute approximate surface area is 206 Å². The van der Waals surface area contributed by atoms with Crippen molar-refractivity contribution in [2.45, 2.75) is 50.3 Å². The van der Waals surface area contributed by atoms with Gasteiger partial charge in [-0.1, -0.05) is 18.9 Å². The molecule has 0 aromatic carbocycles. The summed E-state index contributed by atoms with van der Waals surface area (Å²) in [5.74, 6) is 3.01. The van der Waals surface area contributed by atoms with Gasteiger partial charge in [0.2, 0.25) is 5.88 Å². The number of aryl methyl sites for hydroxylation is 1. The van der Waals surface area contributed by atoms with Crippen molar-refractivity contribution < 1.29 is 9.47 Å². The average molecular weight is 486 g/mol. The molecule has 182 valence electrons. The highest BCUT2D eigenvalue weighted by molar-refractivity contribution is 5.85. The lowest BCUT2D eigenvalue weighted by atomic mass is 9.93. The summed E-state index contributed by atoms with van der Waals surface area (Å²) in [7, 11) is 1.89. The van der Waals surface area contributed by atoms with Crippen LogP contribution in [0.4, 0.5) is 5.82 Å². The molecule has 0 saturated heterocycles. The van der Waals surface area contributed by atoms with Gasteiger partial charge in [-0.05, 0) is 25.0 Å². The van der Waals surface area contributed by atoms with E-state index in [1.165, 1.54) is 25.7 Å². The molecule has 3 heterocycles. The van der Waals surface area contributed by atoms with Crippen LogP contribution in [0.15, 0.2) is 59.1 Å². The van der Waals surface area contributed by atoms with Crippen LogP contribution in [0, 0.1) is 0 Å². The predicted octanol–water partition coefficient (Wildman–Crippen LogP) is 3.18. The van der Waals surface area contributed by atoms with Crippen LogP contribution in [0.2, 0.25) is 0 Å². The van der Waals surface area contributed by atoms with E-state index in [9.17, 15) is 0 Å². The molecule has 0 bridgehead atoms. The molecule has 2 aliphatic carbocycles. The summed E-state index contributed by atoms with van der Waals surface area (Å²) < 4.78 is 13.7. The third kappa shape index (κ3) is 6.09. The first kappa shape index (κ1) is 24.1. The molecule has 2 aromatic heterocycles. The van der Waals surface area contributed by atoms with Crippen LogP contribution in [-0.2, 0) is 7.05 Å². The lowest BCUT2D eigenvalue weighted by Gasteiger charge is -2.29. The number of hydrogen-bond acceptors (Lipinski definition) is 8. The Kier molecular flexibility index (Phi) is 8.08. The number of ether oxygens (including phenoxy) is 2. The first-order valence-electron chi connectivity index (χ1n) is 11.7. The third-order valence-corrected chi connectivity index (χ3v) is 6.16. The number of rotatable bonds is 9. The Morgan fingerprint density at radius 1 is 1.18 bits per heavy atom. The molecule has 34 heavy (non-hydrogen) atoms. The van der Waals surface area contributed by atoms with E-state index in [1.807, 2.05) is 31.4 Å². The van der Waals surface area contributed by atoms with Gasteiger partial charge >= 0.3 is 0 Å². The lowest BCUT2D eigenvalue weighted by molar-refractivity contribution is 0.232. The summed E-state index contributed by atoms with van der Waals surface area (Å²) in [6.07, 6.45) is 15.3. The number of pyridine rings is 1. The largest absolute Gasteiger partial charge is 0.491 e. The maximum Gasteiger partial charge on any atom is 0.214 e. The molecule has 9 nitrogen and oxygen atoms in total. The van der Waals surface area contributed by atoms with Gasteiger partial charge in [0.05, 0.1) is 18.6 Å². The first-order valence-corrected chi connectivity index (χ1v) is 11.7. The molecule has 2 atom stereocenters. The van der Waals surface area contributed by atoms with Crippen LogP contribution in [0.5, 0.6) is 11.6 Å². The van der Waals surface area contributed by atoms with Crippen LogP contribution in [0.1, 0.15) is 32.1 Å². The summed E-state index contributed by atoms with van der Waals surface area (Å²) in [5.41, 5.74) is 1.13. The van der Waals surface area contributed by atoms with E-state index in [0.717, 1.165) is 29.5 Å². The molecule has 3 N–H and O–H groups in total. The van der Waals surface area contributed by atoms with Crippen molar-refractivity contribution >= 4 is 24.6 Å². The number of aromatic nitrogens is 3. The minimum Gasteiger partial charge on any atom is -0.491 e. The third-order valence-electron chi connectivity index (χ3n) is 6.16. The summed E-state index contributed by atoms with van der Waals surface area (Å²) in [6, 6.07) is 6.36. The molecule has 1 saturated carbocycles. The fraction of sp³-hybridized carbons (Fsp3) is 0.458. The molecule has 1 aliphatic heterocycles. The van der Waals surface area contributed by atoms with E-state index >= 15 is 0 Å². The second-order valence-electron chi connectivity index (χ2n) is 8.63. The number of aliphatic imine (C=N–C) groups is 1. The molecule has 2 unspecified atom stereocenters. The van der Waals surface area contributed by atoms with Crippen molar-refractivity contribution in [2.75, 3.05) is 18.5 Å². The quantitative estimate of drug-likeness (QED) is 0.370. The summed E-state index contributed by atoms with van der Waals surface area (Å²) >= 11 is 0. The smallest absolute Gasteiger partial charge is 0.214 e. The molecule has 0 radical (unpaired) electrons. The van der Waals surface area contributed by atoms with Gasteiger partial charge < -0.3 is 25.4 Å². The molecule has 1 fully saturated rings. The zero-order valence-electron chi connectivity index (χ0n) is 19.3. The van der Waals surface area contributed by atoms with Gasteiger partial charge in [-0.2, -0.15) is 5.10 Å². The Balaban J connectivity index is 0.00000274. The van der Waals surface area contributed by atoms with Crippen molar-refractivity contribution in [3.63, 3.8) is 0 Å². The fourth-order valence-electron chi connectivity index (χ4n) is 4.46. The van der Waals surface area contributed by atoms with E-state index in [0.29, 0.717) is 24.9 Å². The van der Waals surface area contributed by atoms with E-state index in [-0.39, 0.29) is 24.6 Å². The number of fused-ring (bicyclic) bond motifs is 1. The van der Waals surface area contributed by atoms with Gasteiger partial charge in [0.1, 0.15) is 24.3 Å². The molecule has 5 rings (SSSR count). The van der Waals surface area contributed by atoms with Crippen LogP contribution < -0.4 is 25.4 Å². The first-order chi connectivity index (χ1) is 16.2. The normalized spacial score (nSPS) is 21.6. The zero-order chi connectivity index (χ0) is 22.5. The highest BCUT2D eigenvalue weighted by atomic mass is 35.5. The van der Waals surface area contributed by atoms with Gasteiger partial charge in [-0.15, -0.1) is 12.4 Å². The standard InChI is InChI=1S/C24H31N7O2.ClH/c1-31-12-10-22(30-31)29-24-20-14-18(6-8-21(20)27-16-28-24)33-23-9-7-19(15-26-23)32-13-11-25-17-4-2-3-5-17;/h6-10,12,15-18,21,25H,2-5,11,13-14H2,1H3,(H,27,28)(H,29,30);1H. The highest BCUT2D eigenvalue weighted by Crippen LogP contribution is 2.28. The number of nitrogens with zero attached hydrogens (tertiary/aromatic N) is 4. The number of halogens is 1. The SMILES string of the molecule is Cl.Cn1ccc(NC2=C3CC(Oc4ccc(OCCNC5CCCC5)cn4)C=CC3N=CN2)n1. The molecular weight excluding hydrogens is 454 g/mol. The summed E-state index contributed by atoms with van der Waals surface area (Å²) in [6.45, 7) is 1.50. The monoisotopic (exact) mass is 485 g/mol. The lowest BCUT2D eigenvalue weighted by Crippen LogP contribution is -2.34. The number of anilines is 1. The topological polar surface area (TPSA) is 97.6 Å². The van der Waals surface area contributed by atoms with Crippen molar-refractivity contribution in [3.8, 4) is 11.6 Å². The molecule has 2 aromatic rings. The van der Waals surface area contributed by atoms with Gasteiger partial charge in [0, 0.05) is 50.0 Å². The summed E-state index contributed by atoms with van der Waals surface area (Å²) in [5, 5.41) is 14.5. The second kappa shape index (κ2) is 11.4. The molecular formula is C24H32ClN7O2. The van der Waals surface area contributed by atoms with Crippen LogP contribution in [0.3, 0.4) is 0 Å². The highest BCUT2D eigenvalue weighted by Gasteiger charge is 2.27. The van der Waals surface area contributed by atoms with Gasteiger partial charge in [-0.3, -0.25) is 9.67 Å². The minimum absolute atomic E-state index is 0. The zero-order valence-corrected chi connectivity index (χ0v) is 20.1. The van der Waals surface area contributed by atoms with Crippen LogP contribution in [0.25, 0.3) is 0 Å². The van der Waals surface area contributed by atoms with E-state index < -0.39 is 0 Å². The Morgan fingerprint density at radius 2 is 2.06 bits per heavy atom. The maximum atomic E-state index is 6.13. The van der Waals surface area contributed by atoms with Gasteiger partial charge in [-0.25, -0.2) is 4.98 Å². The predicted molar refractivity (Wildman–Crippen MR) is 135 cm³/mol. The maximum absolute atomic E-state index is 6.13. The Hall–Kier alpha value is -3.04. The average Bonchev–Trinajstić information content (AvgIpc) is 3.50. The van der Waals surface area contributed by atoms with E-state index in [2.05, 4.69) is 43.2 Å². The van der Waals surface area contributed by atoms with E-state index in [1.54, 1.807) is 17.2 Å². The molecule has 0 amide bonds. The van der Waals surface area contributed by atoms with Crippen LogP contribution in [-0.4, -0.2) is 52.4 Å². The van der Waals surface area contributed by atoms with Crippen LogP contribution >= 0.6 is 12.4 Å². The summed E-state index contributed by atoms with van der Waals surface area (Å²) in [4.78, 5) is 8.95. The van der Waals surface area contributed by atoms with Crippen molar-refractivity contribution in [1.82, 2.24) is 25.4 Å². The fourth-order valence-corrected chi connectivity index (χ4v) is 4.46. The molecule has 3 aliphatic rings. The van der Waals surface area contributed by atoms with Crippen molar-refractivity contribution in [1.29, 1.82) is 0 Å². The number of hydrogen-bond donors (Lipinski definition) is 3. The second-order valence-corrected chi connectivity index (χ2v) is 8.63. The molecule has 10 heteroatoms. The molecule has 0 spiro atoms. The van der Waals surface area contributed by atoms with Crippen molar-refractivity contribution in [3.05, 3.63) is 54.1 Å². The van der Waals surface area contributed by atoms with Gasteiger partial charge in [0.15, 0.2) is 5.82 Å². The number of nitrogens with one attached hydrogen (secondary N) is 3. The van der Waals surface area contributed by atoms with Crippen molar-refractivity contribution in [2.24, 2.45) is 12.0 Å². The minimum atomic E-state index is -0.123. The Morgan fingerprint density at radius 3 is 2.82 bits per heavy atom. The van der Waals surface area contributed by atoms with E-state index in [4.69, 9.17) is 9.47 Å². The van der Waals surface area contributed by atoms with Gasteiger partial charge in [0.25, 0.3) is 0 Å². The Bertz CT molecular complexity index is 1030.